The predicted molar refractivity (Wildman–Crippen MR) is 104 cm³/mol. The highest BCUT2D eigenvalue weighted by Crippen LogP contribution is 2.21. The minimum Gasteiger partial charge on any atom is -0.496 e. The Morgan fingerprint density at radius 1 is 1.22 bits per heavy atom. The van der Waals surface area contributed by atoms with Crippen molar-refractivity contribution in [2.75, 3.05) is 12.4 Å². The van der Waals surface area contributed by atoms with Gasteiger partial charge in [0.1, 0.15) is 5.75 Å². The molecule has 0 atom stereocenters. The van der Waals surface area contributed by atoms with Crippen LogP contribution in [0.25, 0.3) is 0 Å². The maximum atomic E-state index is 5.30. The van der Waals surface area contributed by atoms with E-state index < -0.39 is 0 Å². The summed E-state index contributed by atoms with van der Waals surface area (Å²) in [5, 5.41) is 7.78. The molecule has 4 nitrogen and oxygen atoms in total. The Bertz CT molecular complexity index is 726. The van der Waals surface area contributed by atoms with E-state index in [-0.39, 0.29) is 0 Å². The van der Waals surface area contributed by atoms with Crippen LogP contribution in [0, 0.1) is 13.8 Å². The number of methoxy groups -OCH3 is 1. The van der Waals surface area contributed by atoms with Gasteiger partial charge in [0.05, 0.1) is 13.3 Å². The van der Waals surface area contributed by atoms with E-state index in [9.17, 15) is 0 Å². The average Bonchev–Trinajstić information content (AvgIpc) is 2.51. The van der Waals surface area contributed by atoms with E-state index in [1.807, 2.05) is 50.2 Å². The average molecular weight is 392 g/mol. The molecule has 2 aromatic carbocycles. The number of aryl methyl sites for hydroxylation is 2. The number of hydrazone groups is 1. The van der Waals surface area contributed by atoms with Crippen LogP contribution in [0.5, 0.6) is 5.75 Å². The fraction of sp³-hybridized carbons (Fsp3) is 0.176. The Balaban J connectivity index is 2.03. The lowest BCUT2D eigenvalue weighted by Crippen LogP contribution is -2.24. The number of hydrogen-bond acceptors (Lipinski definition) is 3. The van der Waals surface area contributed by atoms with Gasteiger partial charge in [-0.25, -0.2) is 0 Å². The second kappa shape index (κ2) is 8.08. The smallest absolute Gasteiger partial charge is 0.191 e. The first-order chi connectivity index (χ1) is 11.0. The van der Waals surface area contributed by atoms with E-state index in [1.165, 1.54) is 0 Å². The molecular formula is C17H18BrN3OS. The molecule has 0 heterocycles. The molecule has 0 spiro atoms. The van der Waals surface area contributed by atoms with Gasteiger partial charge >= 0.3 is 0 Å². The Morgan fingerprint density at radius 2 is 1.91 bits per heavy atom. The Labute approximate surface area is 150 Å². The second-order valence-electron chi connectivity index (χ2n) is 4.98. The van der Waals surface area contributed by atoms with Gasteiger partial charge in [-0.15, -0.1) is 0 Å². The van der Waals surface area contributed by atoms with Gasteiger partial charge in [-0.3, -0.25) is 5.43 Å². The lowest BCUT2D eigenvalue weighted by Gasteiger charge is -2.12. The molecule has 0 saturated carbocycles. The SMILES string of the molecule is COc1ccc(Br)cc1/C=N\NC(=S)Nc1c(C)cccc1C. The van der Waals surface area contributed by atoms with Crippen molar-refractivity contribution in [2.45, 2.75) is 13.8 Å². The van der Waals surface area contributed by atoms with E-state index in [4.69, 9.17) is 17.0 Å². The second-order valence-corrected chi connectivity index (χ2v) is 6.30. The molecule has 0 saturated heterocycles. The normalized spacial score (nSPS) is 10.6. The molecule has 2 N–H and O–H groups in total. The number of ether oxygens (including phenoxy) is 1. The van der Waals surface area contributed by atoms with Gasteiger partial charge in [-0.1, -0.05) is 34.1 Å². The molecule has 2 rings (SSSR count). The van der Waals surface area contributed by atoms with Crippen molar-refractivity contribution in [3.63, 3.8) is 0 Å². The third kappa shape index (κ3) is 4.77. The number of rotatable bonds is 4. The summed E-state index contributed by atoms with van der Waals surface area (Å²) < 4.78 is 6.25. The molecule has 0 radical (unpaired) electrons. The highest BCUT2D eigenvalue weighted by molar-refractivity contribution is 9.10. The van der Waals surface area contributed by atoms with E-state index in [0.717, 1.165) is 32.6 Å². The van der Waals surface area contributed by atoms with E-state index in [0.29, 0.717) is 5.11 Å². The number of halogens is 1. The van der Waals surface area contributed by atoms with Crippen LogP contribution in [0.3, 0.4) is 0 Å². The minimum absolute atomic E-state index is 0.438. The highest BCUT2D eigenvalue weighted by atomic mass is 79.9. The number of nitrogens with one attached hydrogen (secondary N) is 2. The molecule has 23 heavy (non-hydrogen) atoms. The Morgan fingerprint density at radius 3 is 2.57 bits per heavy atom. The van der Waals surface area contributed by atoms with Crippen molar-refractivity contribution in [2.24, 2.45) is 5.10 Å². The molecular weight excluding hydrogens is 374 g/mol. The Hall–Kier alpha value is -1.92. The Kier molecular flexibility index (Phi) is 6.12. The fourth-order valence-electron chi connectivity index (χ4n) is 2.12. The summed E-state index contributed by atoms with van der Waals surface area (Å²) in [7, 11) is 1.63. The summed E-state index contributed by atoms with van der Waals surface area (Å²) in [5.74, 6) is 0.743. The number of para-hydroxylation sites is 1. The maximum Gasteiger partial charge on any atom is 0.191 e. The largest absolute Gasteiger partial charge is 0.496 e. The van der Waals surface area contributed by atoms with Gasteiger partial charge in [0, 0.05) is 15.7 Å². The number of benzene rings is 2. The van der Waals surface area contributed by atoms with Crippen molar-refractivity contribution < 1.29 is 4.74 Å². The minimum atomic E-state index is 0.438. The van der Waals surface area contributed by atoms with Crippen LogP contribution in [0.15, 0.2) is 46.0 Å². The molecule has 120 valence electrons. The fourth-order valence-corrected chi connectivity index (χ4v) is 2.65. The van der Waals surface area contributed by atoms with Gasteiger partial charge in [0.25, 0.3) is 0 Å². The van der Waals surface area contributed by atoms with E-state index in [1.54, 1.807) is 13.3 Å². The third-order valence-electron chi connectivity index (χ3n) is 3.28. The van der Waals surface area contributed by atoms with Gasteiger partial charge in [0.2, 0.25) is 0 Å². The summed E-state index contributed by atoms with van der Waals surface area (Å²) in [5.41, 5.74) is 6.94. The van der Waals surface area contributed by atoms with Crippen LogP contribution in [0.1, 0.15) is 16.7 Å². The molecule has 0 bridgehead atoms. The van der Waals surface area contributed by atoms with Crippen LogP contribution in [0.2, 0.25) is 0 Å². The first kappa shape index (κ1) is 17.4. The molecule has 0 fully saturated rings. The molecule has 0 aliphatic heterocycles. The van der Waals surface area contributed by atoms with Crippen LogP contribution < -0.4 is 15.5 Å². The summed E-state index contributed by atoms with van der Waals surface area (Å²) in [4.78, 5) is 0. The molecule has 2 aromatic rings. The van der Waals surface area contributed by atoms with Crippen LogP contribution in [-0.2, 0) is 0 Å². The lowest BCUT2D eigenvalue weighted by atomic mass is 10.1. The number of thiocarbonyl (C=S) groups is 1. The molecule has 6 heteroatoms. The zero-order valence-corrected chi connectivity index (χ0v) is 15.6. The van der Waals surface area contributed by atoms with Crippen molar-refractivity contribution in [3.05, 3.63) is 57.6 Å². The topological polar surface area (TPSA) is 45.6 Å². The molecule has 0 aliphatic rings. The first-order valence-electron chi connectivity index (χ1n) is 7.01. The molecule has 0 aliphatic carbocycles. The van der Waals surface area contributed by atoms with E-state index >= 15 is 0 Å². The summed E-state index contributed by atoms with van der Waals surface area (Å²) in [6, 6.07) is 11.8. The van der Waals surface area contributed by atoms with Gasteiger partial charge in [0.15, 0.2) is 5.11 Å². The molecule has 0 unspecified atom stereocenters. The van der Waals surface area contributed by atoms with Crippen molar-refractivity contribution in [1.29, 1.82) is 0 Å². The number of hydrogen-bond donors (Lipinski definition) is 2. The summed E-state index contributed by atoms with van der Waals surface area (Å²) >= 11 is 8.71. The van der Waals surface area contributed by atoms with Gasteiger partial charge in [-0.2, -0.15) is 5.10 Å². The first-order valence-corrected chi connectivity index (χ1v) is 8.21. The maximum absolute atomic E-state index is 5.30. The number of nitrogens with zero attached hydrogens (tertiary/aromatic N) is 1. The van der Waals surface area contributed by atoms with Gasteiger partial charge < -0.3 is 10.1 Å². The number of anilines is 1. The monoisotopic (exact) mass is 391 g/mol. The molecule has 0 aromatic heterocycles. The van der Waals surface area contributed by atoms with E-state index in [2.05, 4.69) is 31.8 Å². The zero-order chi connectivity index (χ0) is 16.8. The third-order valence-corrected chi connectivity index (χ3v) is 3.97. The standard InChI is InChI=1S/C17H18BrN3OS/c1-11-5-4-6-12(2)16(11)20-17(23)21-19-10-13-9-14(18)7-8-15(13)22-3/h4-10H,1-3H3,(H2,20,21,23)/b19-10-. The van der Waals surface area contributed by atoms with Crippen LogP contribution in [0.4, 0.5) is 5.69 Å². The highest BCUT2D eigenvalue weighted by Gasteiger charge is 2.04. The quantitative estimate of drug-likeness (QED) is 0.460. The molecule has 0 amide bonds. The predicted octanol–water partition coefficient (Wildman–Crippen LogP) is 4.40. The summed E-state index contributed by atoms with van der Waals surface area (Å²) in [6.45, 7) is 4.07. The summed E-state index contributed by atoms with van der Waals surface area (Å²) in [6.07, 6.45) is 1.67. The van der Waals surface area contributed by atoms with Gasteiger partial charge in [-0.05, 0) is 55.4 Å². The van der Waals surface area contributed by atoms with Crippen molar-refractivity contribution in [1.82, 2.24) is 5.43 Å². The lowest BCUT2D eigenvalue weighted by molar-refractivity contribution is 0.414. The van der Waals surface area contributed by atoms with Crippen LogP contribution in [-0.4, -0.2) is 18.4 Å². The van der Waals surface area contributed by atoms with Crippen molar-refractivity contribution >= 4 is 45.2 Å². The van der Waals surface area contributed by atoms with Crippen LogP contribution >= 0.6 is 28.1 Å². The van der Waals surface area contributed by atoms with Crippen molar-refractivity contribution in [3.8, 4) is 5.75 Å². The zero-order valence-electron chi connectivity index (χ0n) is 13.2.